The van der Waals surface area contributed by atoms with Gasteiger partial charge < -0.3 is 0 Å². The summed E-state index contributed by atoms with van der Waals surface area (Å²) in [4.78, 5) is 17.0. The van der Waals surface area contributed by atoms with Crippen molar-refractivity contribution in [3.05, 3.63) is 34.8 Å². The standard InChI is InChI=1S/C11H7NOS/c13-7-3-1-4-8-10(7)11-9(14-8)5-2-6-12-11/h1-2,4-6H,3H2. The van der Waals surface area contributed by atoms with Crippen molar-refractivity contribution in [2.75, 3.05) is 0 Å². The van der Waals surface area contributed by atoms with Gasteiger partial charge in [0.05, 0.1) is 15.8 Å². The van der Waals surface area contributed by atoms with Crippen LogP contribution in [0.25, 0.3) is 16.3 Å². The van der Waals surface area contributed by atoms with Crippen LogP contribution in [0.3, 0.4) is 0 Å². The quantitative estimate of drug-likeness (QED) is 0.656. The summed E-state index contributed by atoms with van der Waals surface area (Å²) in [5.41, 5.74) is 1.68. The van der Waals surface area contributed by atoms with Gasteiger partial charge >= 0.3 is 0 Å². The molecule has 0 saturated carbocycles. The predicted octanol–water partition coefficient (Wildman–Crippen LogP) is 2.90. The van der Waals surface area contributed by atoms with Crippen LogP contribution in [0.5, 0.6) is 0 Å². The number of hydrogen-bond acceptors (Lipinski definition) is 3. The summed E-state index contributed by atoms with van der Waals surface area (Å²) < 4.78 is 1.09. The van der Waals surface area contributed by atoms with E-state index in [1.54, 1.807) is 17.5 Å². The molecule has 2 nitrogen and oxygen atoms in total. The molecule has 68 valence electrons. The lowest BCUT2D eigenvalue weighted by atomic mass is 10.0. The molecule has 0 saturated heterocycles. The molecule has 0 radical (unpaired) electrons. The topological polar surface area (TPSA) is 30.0 Å². The molecular formula is C11H7NOS. The highest BCUT2D eigenvalue weighted by atomic mass is 32.1. The summed E-state index contributed by atoms with van der Waals surface area (Å²) in [5, 5.41) is 0. The van der Waals surface area contributed by atoms with Crippen LogP contribution < -0.4 is 0 Å². The Morgan fingerprint density at radius 3 is 3.29 bits per heavy atom. The molecule has 0 spiro atoms. The first kappa shape index (κ1) is 7.88. The maximum Gasteiger partial charge on any atom is 0.170 e. The number of hydrogen-bond donors (Lipinski definition) is 0. The largest absolute Gasteiger partial charge is 0.294 e. The van der Waals surface area contributed by atoms with Crippen LogP contribution >= 0.6 is 11.3 Å². The van der Waals surface area contributed by atoms with Crippen LogP contribution in [0.15, 0.2) is 24.4 Å². The lowest BCUT2D eigenvalue weighted by Gasteiger charge is -2.02. The van der Waals surface area contributed by atoms with Gasteiger partial charge in [0.25, 0.3) is 0 Å². The first-order valence-corrected chi connectivity index (χ1v) is 5.25. The number of allylic oxidation sites excluding steroid dienone is 1. The minimum Gasteiger partial charge on any atom is -0.294 e. The van der Waals surface area contributed by atoms with Crippen molar-refractivity contribution in [2.24, 2.45) is 0 Å². The third kappa shape index (κ3) is 0.960. The van der Waals surface area contributed by atoms with Crippen molar-refractivity contribution in [2.45, 2.75) is 6.42 Å². The van der Waals surface area contributed by atoms with Gasteiger partial charge in [0.1, 0.15) is 0 Å². The lowest BCUT2D eigenvalue weighted by molar-refractivity contribution is 0.0996. The number of rotatable bonds is 0. The molecule has 0 aromatic carbocycles. The molecule has 3 heteroatoms. The zero-order chi connectivity index (χ0) is 9.54. The molecule has 0 N–H and O–H groups in total. The molecule has 2 aromatic heterocycles. The van der Waals surface area contributed by atoms with E-state index in [9.17, 15) is 4.79 Å². The average Bonchev–Trinajstić information content (AvgIpc) is 2.57. The minimum atomic E-state index is 0.187. The molecule has 0 amide bonds. The van der Waals surface area contributed by atoms with E-state index in [2.05, 4.69) is 4.98 Å². The van der Waals surface area contributed by atoms with E-state index < -0.39 is 0 Å². The molecule has 0 atom stereocenters. The molecule has 14 heavy (non-hydrogen) atoms. The van der Waals surface area contributed by atoms with Crippen LogP contribution in [0.1, 0.15) is 21.7 Å². The molecule has 2 heterocycles. The van der Waals surface area contributed by atoms with Gasteiger partial charge in [-0.05, 0) is 18.2 Å². The Labute approximate surface area is 84.9 Å². The Morgan fingerprint density at radius 1 is 1.43 bits per heavy atom. The van der Waals surface area contributed by atoms with Gasteiger partial charge in [-0.15, -0.1) is 11.3 Å². The number of ketones is 1. The molecule has 0 bridgehead atoms. The van der Waals surface area contributed by atoms with Crippen molar-refractivity contribution in [3.8, 4) is 0 Å². The van der Waals surface area contributed by atoms with Crippen LogP contribution in [-0.4, -0.2) is 10.8 Å². The SMILES string of the molecule is O=C1CC=Cc2sc3cccnc3c21. The molecule has 3 rings (SSSR count). The van der Waals surface area contributed by atoms with Crippen LogP contribution in [0.4, 0.5) is 0 Å². The maximum atomic E-state index is 11.7. The van der Waals surface area contributed by atoms with E-state index in [0.29, 0.717) is 6.42 Å². The van der Waals surface area contributed by atoms with Crippen molar-refractivity contribution >= 4 is 33.4 Å². The van der Waals surface area contributed by atoms with Gasteiger partial charge in [0.2, 0.25) is 0 Å². The Morgan fingerprint density at radius 2 is 2.36 bits per heavy atom. The number of fused-ring (bicyclic) bond motifs is 3. The van der Waals surface area contributed by atoms with Gasteiger partial charge in [-0.2, -0.15) is 0 Å². The zero-order valence-corrected chi connectivity index (χ0v) is 8.17. The fourth-order valence-corrected chi connectivity index (χ4v) is 2.82. The van der Waals surface area contributed by atoms with Gasteiger partial charge in [-0.25, -0.2) is 0 Å². The fraction of sp³-hybridized carbons (Fsp3) is 0.0909. The molecule has 0 fully saturated rings. The third-order valence-corrected chi connectivity index (χ3v) is 3.43. The molecule has 1 aliphatic rings. The van der Waals surface area contributed by atoms with Gasteiger partial charge in [0.15, 0.2) is 5.78 Å². The second-order valence-electron chi connectivity index (χ2n) is 3.22. The number of pyridine rings is 1. The smallest absolute Gasteiger partial charge is 0.170 e. The Balaban J connectivity index is 2.46. The number of carbonyl (C=O) groups is 1. The Bertz CT molecular complexity index is 553. The second kappa shape index (κ2) is 2.75. The summed E-state index contributed by atoms with van der Waals surface area (Å²) in [6.45, 7) is 0. The highest BCUT2D eigenvalue weighted by Gasteiger charge is 2.19. The average molecular weight is 201 g/mol. The highest BCUT2D eigenvalue weighted by Crippen LogP contribution is 2.33. The number of aromatic nitrogens is 1. The fourth-order valence-electron chi connectivity index (χ4n) is 1.71. The van der Waals surface area contributed by atoms with Crippen molar-refractivity contribution in [1.29, 1.82) is 0 Å². The monoisotopic (exact) mass is 201 g/mol. The molecule has 0 aliphatic heterocycles. The van der Waals surface area contributed by atoms with Crippen LogP contribution in [0.2, 0.25) is 0 Å². The first-order chi connectivity index (χ1) is 6.86. The number of Topliss-reactive ketones (excluding diaryl/α,β-unsaturated/α-hetero) is 1. The second-order valence-corrected chi connectivity index (χ2v) is 4.30. The van der Waals surface area contributed by atoms with E-state index in [1.165, 1.54) is 0 Å². The first-order valence-electron chi connectivity index (χ1n) is 4.43. The summed E-state index contributed by atoms with van der Waals surface area (Å²) in [6.07, 6.45) is 6.18. The highest BCUT2D eigenvalue weighted by molar-refractivity contribution is 7.20. The molecule has 2 aromatic rings. The van der Waals surface area contributed by atoms with Crippen molar-refractivity contribution < 1.29 is 4.79 Å². The number of nitrogens with zero attached hydrogens (tertiary/aromatic N) is 1. The minimum absolute atomic E-state index is 0.187. The lowest BCUT2D eigenvalue weighted by Crippen LogP contribution is -2.01. The maximum absolute atomic E-state index is 11.7. The zero-order valence-electron chi connectivity index (χ0n) is 7.36. The normalized spacial score (nSPS) is 14.7. The number of carbonyl (C=O) groups excluding carboxylic acids is 1. The molecular weight excluding hydrogens is 194 g/mol. The number of thiophene rings is 1. The molecule has 1 aliphatic carbocycles. The van der Waals surface area contributed by atoms with E-state index in [-0.39, 0.29) is 5.78 Å². The van der Waals surface area contributed by atoms with Crippen LogP contribution in [-0.2, 0) is 0 Å². The Kier molecular flexibility index (Phi) is 1.55. The summed E-state index contributed by atoms with van der Waals surface area (Å²) >= 11 is 1.63. The van der Waals surface area contributed by atoms with Gasteiger partial charge in [0, 0.05) is 17.5 Å². The van der Waals surface area contributed by atoms with Crippen LogP contribution in [0, 0.1) is 0 Å². The van der Waals surface area contributed by atoms with Crippen molar-refractivity contribution in [1.82, 2.24) is 4.98 Å². The van der Waals surface area contributed by atoms with E-state index >= 15 is 0 Å². The van der Waals surface area contributed by atoms with E-state index in [4.69, 9.17) is 0 Å². The summed E-state index contributed by atoms with van der Waals surface area (Å²) in [6, 6.07) is 3.91. The van der Waals surface area contributed by atoms with E-state index in [1.807, 2.05) is 24.3 Å². The summed E-state index contributed by atoms with van der Waals surface area (Å²) in [7, 11) is 0. The van der Waals surface area contributed by atoms with Gasteiger partial charge in [-0.1, -0.05) is 6.08 Å². The van der Waals surface area contributed by atoms with Crippen molar-refractivity contribution in [3.63, 3.8) is 0 Å². The Hall–Kier alpha value is -1.48. The third-order valence-electron chi connectivity index (χ3n) is 2.33. The molecule has 0 unspecified atom stereocenters. The predicted molar refractivity (Wildman–Crippen MR) is 57.6 cm³/mol. The summed E-state index contributed by atoms with van der Waals surface area (Å²) in [5.74, 6) is 0.187. The van der Waals surface area contributed by atoms with Gasteiger partial charge in [-0.3, -0.25) is 9.78 Å². The van der Waals surface area contributed by atoms with E-state index in [0.717, 1.165) is 20.7 Å².